The third-order valence-corrected chi connectivity index (χ3v) is 4.07. The van der Waals surface area contributed by atoms with Crippen LogP contribution < -0.4 is 5.32 Å². The second kappa shape index (κ2) is 6.61. The van der Waals surface area contributed by atoms with Crippen molar-refractivity contribution in [3.8, 4) is 0 Å². The van der Waals surface area contributed by atoms with Crippen molar-refractivity contribution in [2.75, 3.05) is 5.32 Å². The van der Waals surface area contributed by atoms with Gasteiger partial charge < -0.3 is 5.32 Å². The van der Waals surface area contributed by atoms with Gasteiger partial charge in [-0.2, -0.15) is 0 Å². The number of anilines is 1. The summed E-state index contributed by atoms with van der Waals surface area (Å²) in [4.78, 5) is 12.2. The topological polar surface area (TPSA) is 29.1 Å². The fourth-order valence-corrected chi connectivity index (χ4v) is 2.76. The summed E-state index contributed by atoms with van der Waals surface area (Å²) in [5, 5.41) is 3.65. The molecule has 0 unspecified atom stereocenters. The second-order valence-electron chi connectivity index (χ2n) is 4.25. The Morgan fingerprint density at radius 1 is 1.20 bits per heavy atom. The van der Waals surface area contributed by atoms with Crippen LogP contribution in [0.2, 0.25) is 10.0 Å². The highest BCUT2D eigenvalue weighted by Gasteiger charge is 2.12. The van der Waals surface area contributed by atoms with Crippen LogP contribution in [0, 0.1) is 0 Å². The zero-order valence-corrected chi connectivity index (χ0v) is 13.8. The third kappa shape index (κ3) is 3.54. The van der Waals surface area contributed by atoms with Crippen LogP contribution in [0.4, 0.5) is 5.69 Å². The van der Waals surface area contributed by atoms with Gasteiger partial charge in [-0.05, 0) is 58.2 Å². The van der Waals surface area contributed by atoms with E-state index in [0.717, 1.165) is 10.9 Å². The summed E-state index contributed by atoms with van der Waals surface area (Å²) in [6.45, 7) is 2.08. The average molecular weight is 373 g/mol. The van der Waals surface area contributed by atoms with Gasteiger partial charge >= 0.3 is 0 Å². The van der Waals surface area contributed by atoms with E-state index < -0.39 is 0 Å². The molecule has 104 valence electrons. The summed E-state index contributed by atoms with van der Waals surface area (Å²) in [5.74, 6) is -0.267. The maximum absolute atomic E-state index is 12.2. The Balaban J connectivity index is 2.23. The lowest BCUT2D eigenvalue weighted by Crippen LogP contribution is -2.12. The number of rotatable bonds is 3. The fourth-order valence-electron chi connectivity index (χ4n) is 1.74. The van der Waals surface area contributed by atoms with Gasteiger partial charge in [-0.3, -0.25) is 4.79 Å². The molecule has 1 amide bonds. The summed E-state index contributed by atoms with van der Waals surface area (Å²) < 4.78 is 0.843. The lowest BCUT2D eigenvalue weighted by Gasteiger charge is -2.10. The van der Waals surface area contributed by atoms with Crippen molar-refractivity contribution in [3.63, 3.8) is 0 Å². The van der Waals surface area contributed by atoms with Crippen LogP contribution in [0.3, 0.4) is 0 Å². The Bertz CT molecular complexity index is 658. The molecule has 0 saturated carbocycles. The van der Waals surface area contributed by atoms with Crippen LogP contribution in [0.1, 0.15) is 22.8 Å². The van der Waals surface area contributed by atoms with Crippen LogP contribution in [0.5, 0.6) is 0 Å². The van der Waals surface area contributed by atoms with E-state index in [2.05, 4.69) is 28.2 Å². The zero-order valence-electron chi connectivity index (χ0n) is 10.7. The quantitative estimate of drug-likeness (QED) is 0.749. The molecular weight excluding hydrogens is 361 g/mol. The van der Waals surface area contributed by atoms with Crippen LogP contribution in [-0.2, 0) is 6.42 Å². The first-order valence-corrected chi connectivity index (χ1v) is 7.61. The molecule has 2 nitrogen and oxygen atoms in total. The van der Waals surface area contributed by atoms with Crippen LogP contribution in [0.15, 0.2) is 40.9 Å². The summed E-state index contributed by atoms with van der Waals surface area (Å²) in [5.41, 5.74) is 2.29. The summed E-state index contributed by atoms with van der Waals surface area (Å²) in [6.07, 6.45) is 0.940. The van der Waals surface area contributed by atoms with E-state index in [1.54, 1.807) is 18.2 Å². The largest absolute Gasteiger partial charge is 0.321 e. The second-order valence-corrected chi connectivity index (χ2v) is 5.94. The van der Waals surface area contributed by atoms with Gasteiger partial charge in [-0.1, -0.05) is 36.2 Å². The van der Waals surface area contributed by atoms with E-state index in [4.69, 9.17) is 23.2 Å². The van der Waals surface area contributed by atoms with E-state index in [9.17, 15) is 4.79 Å². The third-order valence-electron chi connectivity index (χ3n) is 2.87. The monoisotopic (exact) mass is 371 g/mol. The standard InChI is InChI=1S/C15H12BrCl2NO/c1-2-9-3-6-14(12(16)7-9)19-15(20)11-5-4-10(17)8-13(11)18/h3-8H,2H2,1H3,(H,19,20). The minimum absolute atomic E-state index is 0.267. The highest BCUT2D eigenvalue weighted by atomic mass is 79.9. The SMILES string of the molecule is CCc1ccc(NC(=O)c2ccc(Cl)cc2Cl)c(Br)c1. The summed E-state index contributed by atoms with van der Waals surface area (Å²) >= 11 is 15.3. The Kier molecular flexibility index (Phi) is 5.08. The van der Waals surface area contributed by atoms with Crippen LogP contribution in [-0.4, -0.2) is 5.91 Å². The fraction of sp³-hybridized carbons (Fsp3) is 0.133. The van der Waals surface area contributed by atoms with Crippen LogP contribution in [0.25, 0.3) is 0 Å². The van der Waals surface area contributed by atoms with Gasteiger partial charge in [0.25, 0.3) is 5.91 Å². The van der Waals surface area contributed by atoms with Gasteiger partial charge in [0.05, 0.1) is 16.3 Å². The summed E-state index contributed by atoms with van der Waals surface area (Å²) in [7, 11) is 0. The molecule has 0 aliphatic rings. The summed E-state index contributed by atoms with van der Waals surface area (Å²) in [6, 6.07) is 10.6. The predicted octanol–water partition coefficient (Wildman–Crippen LogP) is 5.57. The van der Waals surface area contributed by atoms with Crippen molar-refractivity contribution in [1.29, 1.82) is 0 Å². The number of carbonyl (C=O) groups is 1. The highest BCUT2D eigenvalue weighted by Crippen LogP contribution is 2.26. The molecule has 0 aliphatic heterocycles. The number of hydrogen-bond acceptors (Lipinski definition) is 1. The molecule has 0 aromatic heterocycles. The Labute approximate surface area is 136 Å². The molecule has 1 N–H and O–H groups in total. The van der Waals surface area contributed by atoms with Crippen molar-refractivity contribution in [3.05, 3.63) is 62.0 Å². The Hall–Kier alpha value is -1.03. The van der Waals surface area contributed by atoms with Crippen molar-refractivity contribution in [2.24, 2.45) is 0 Å². The van der Waals surface area contributed by atoms with Gasteiger partial charge in [0, 0.05) is 9.50 Å². The van der Waals surface area contributed by atoms with Gasteiger partial charge in [-0.15, -0.1) is 0 Å². The van der Waals surface area contributed by atoms with E-state index in [-0.39, 0.29) is 5.91 Å². The predicted molar refractivity (Wildman–Crippen MR) is 87.9 cm³/mol. The molecule has 0 radical (unpaired) electrons. The Morgan fingerprint density at radius 3 is 2.55 bits per heavy atom. The smallest absolute Gasteiger partial charge is 0.257 e. The molecule has 0 bridgehead atoms. The van der Waals surface area contributed by atoms with Crippen molar-refractivity contribution in [1.82, 2.24) is 0 Å². The molecule has 0 heterocycles. The molecular formula is C15H12BrCl2NO. The first kappa shape index (κ1) is 15.4. The van der Waals surface area contributed by atoms with E-state index in [1.165, 1.54) is 5.56 Å². The number of benzene rings is 2. The molecule has 2 rings (SSSR count). The Morgan fingerprint density at radius 2 is 1.95 bits per heavy atom. The number of halogens is 3. The number of nitrogens with one attached hydrogen (secondary N) is 1. The molecule has 2 aromatic carbocycles. The molecule has 0 aliphatic carbocycles. The first-order valence-electron chi connectivity index (χ1n) is 6.06. The molecule has 20 heavy (non-hydrogen) atoms. The van der Waals surface area contributed by atoms with E-state index in [0.29, 0.717) is 21.3 Å². The maximum atomic E-state index is 12.2. The molecule has 0 saturated heterocycles. The van der Waals surface area contributed by atoms with Crippen molar-refractivity contribution in [2.45, 2.75) is 13.3 Å². The number of amides is 1. The normalized spacial score (nSPS) is 10.4. The lowest BCUT2D eigenvalue weighted by molar-refractivity contribution is 0.102. The molecule has 0 spiro atoms. The molecule has 2 aromatic rings. The van der Waals surface area contributed by atoms with E-state index in [1.807, 2.05) is 18.2 Å². The van der Waals surface area contributed by atoms with Gasteiger partial charge in [-0.25, -0.2) is 0 Å². The average Bonchev–Trinajstić information content (AvgIpc) is 2.40. The minimum atomic E-state index is -0.267. The van der Waals surface area contributed by atoms with Crippen molar-refractivity contribution < 1.29 is 4.79 Å². The molecule has 5 heteroatoms. The van der Waals surface area contributed by atoms with Gasteiger partial charge in [0.1, 0.15) is 0 Å². The van der Waals surface area contributed by atoms with Gasteiger partial charge in [0.2, 0.25) is 0 Å². The van der Waals surface area contributed by atoms with Gasteiger partial charge in [0.15, 0.2) is 0 Å². The lowest BCUT2D eigenvalue weighted by atomic mass is 10.1. The van der Waals surface area contributed by atoms with Crippen molar-refractivity contribution >= 4 is 50.7 Å². The number of aryl methyl sites for hydroxylation is 1. The maximum Gasteiger partial charge on any atom is 0.257 e. The minimum Gasteiger partial charge on any atom is -0.321 e. The first-order chi connectivity index (χ1) is 9.51. The highest BCUT2D eigenvalue weighted by molar-refractivity contribution is 9.10. The molecule has 0 fully saturated rings. The zero-order chi connectivity index (χ0) is 14.7. The number of carbonyl (C=O) groups excluding carboxylic acids is 1. The van der Waals surface area contributed by atoms with Crippen LogP contribution >= 0.6 is 39.1 Å². The number of hydrogen-bond donors (Lipinski definition) is 1. The molecule has 0 atom stereocenters. The van der Waals surface area contributed by atoms with E-state index >= 15 is 0 Å².